The Balaban J connectivity index is 0.00000182. The number of piperidine rings is 1. The van der Waals surface area contributed by atoms with Crippen molar-refractivity contribution in [1.29, 1.82) is 0 Å². The van der Waals surface area contributed by atoms with Crippen LogP contribution < -0.4 is 5.32 Å². The van der Waals surface area contributed by atoms with Gasteiger partial charge < -0.3 is 15.2 Å². The molecule has 0 aliphatic carbocycles. The molecule has 5 heteroatoms. The first-order chi connectivity index (χ1) is 11.8. The molecule has 0 radical (unpaired) electrons. The number of hydrogen-bond acceptors (Lipinski definition) is 2. The lowest BCUT2D eigenvalue weighted by molar-refractivity contribution is -0.135. The van der Waals surface area contributed by atoms with E-state index in [0.717, 1.165) is 38.9 Å². The van der Waals surface area contributed by atoms with Gasteiger partial charge in [0.25, 0.3) is 0 Å². The van der Waals surface area contributed by atoms with Crippen LogP contribution in [0.15, 0.2) is 30.3 Å². The number of fused-ring (bicyclic) bond motifs is 1. The minimum Gasteiger partial charge on any atom is -0.357 e. The number of benzene rings is 1. The Morgan fingerprint density at radius 3 is 2.88 bits per heavy atom. The molecule has 1 amide bonds. The van der Waals surface area contributed by atoms with Crippen molar-refractivity contribution in [2.45, 2.75) is 44.6 Å². The maximum Gasteiger partial charge on any atom is 0.223 e. The maximum absolute atomic E-state index is 12.8. The minimum absolute atomic E-state index is 0. The molecule has 0 spiro atoms. The molecular formula is C20H28ClN3O. The Labute approximate surface area is 155 Å². The number of carbonyl (C=O) groups is 1. The summed E-state index contributed by atoms with van der Waals surface area (Å²) in [5, 5.41) is 4.63. The molecule has 25 heavy (non-hydrogen) atoms. The van der Waals surface area contributed by atoms with Gasteiger partial charge in [0.05, 0.1) is 6.04 Å². The molecule has 2 fully saturated rings. The zero-order chi connectivity index (χ0) is 16.4. The van der Waals surface area contributed by atoms with Crippen molar-refractivity contribution in [3.8, 4) is 0 Å². The topological polar surface area (TPSA) is 48.1 Å². The van der Waals surface area contributed by atoms with E-state index in [1.165, 1.54) is 29.4 Å². The van der Waals surface area contributed by atoms with Gasteiger partial charge in [0.1, 0.15) is 0 Å². The van der Waals surface area contributed by atoms with Crippen LogP contribution in [0.2, 0.25) is 0 Å². The normalized spacial score (nSPS) is 23.6. The highest BCUT2D eigenvalue weighted by Crippen LogP contribution is 2.33. The summed E-state index contributed by atoms with van der Waals surface area (Å²) in [6.45, 7) is 3.10. The summed E-state index contributed by atoms with van der Waals surface area (Å²) in [6, 6.07) is 10.8. The van der Waals surface area contributed by atoms with Crippen LogP contribution in [-0.2, 0) is 4.79 Å². The van der Waals surface area contributed by atoms with Crippen LogP contribution in [0.5, 0.6) is 0 Å². The van der Waals surface area contributed by atoms with Crippen molar-refractivity contribution in [3.05, 3.63) is 36.0 Å². The summed E-state index contributed by atoms with van der Waals surface area (Å²) < 4.78 is 0. The molecule has 2 unspecified atom stereocenters. The zero-order valence-corrected chi connectivity index (χ0v) is 15.5. The van der Waals surface area contributed by atoms with Crippen LogP contribution >= 0.6 is 12.4 Å². The first kappa shape index (κ1) is 18.3. The number of amides is 1. The Bertz CT molecular complexity index is 675. The van der Waals surface area contributed by atoms with Gasteiger partial charge in [-0.15, -0.1) is 12.4 Å². The Kier molecular flexibility index (Phi) is 6.02. The SMILES string of the molecule is Cl.O=C(CCC1CCNC1)N1CCCCC1c1cc2ccccc2[nH]1. The number of H-pyrrole nitrogens is 1. The van der Waals surface area contributed by atoms with Crippen LogP contribution in [-0.4, -0.2) is 35.4 Å². The molecule has 2 aliphatic rings. The van der Waals surface area contributed by atoms with E-state index < -0.39 is 0 Å². The molecule has 1 aromatic carbocycles. The van der Waals surface area contributed by atoms with E-state index in [9.17, 15) is 4.79 Å². The number of aromatic amines is 1. The summed E-state index contributed by atoms with van der Waals surface area (Å²) in [5.41, 5.74) is 2.37. The number of aromatic nitrogens is 1. The van der Waals surface area contributed by atoms with Gasteiger partial charge in [-0.3, -0.25) is 4.79 Å². The molecule has 2 aliphatic heterocycles. The monoisotopic (exact) mass is 361 g/mol. The number of hydrogen-bond donors (Lipinski definition) is 2. The van der Waals surface area contributed by atoms with Crippen LogP contribution in [0.4, 0.5) is 0 Å². The molecule has 0 saturated carbocycles. The van der Waals surface area contributed by atoms with Gasteiger partial charge in [0.15, 0.2) is 0 Å². The molecule has 2 saturated heterocycles. The third-order valence-corrected chi connectivity index (χ3v) is 5.66. The van der Waals surface area contributed by atoms with Crippen molar-refractivity contribution >= 4 is 29.2 Å². The van der Waals surface area contributed by atoms with Crippen LogP contribution in [0.25, 0.3) is 10.9 Å². The van der Waals surface area contributed by atoms with E-state index in [1.54, 1.807) is 0 Å². The van der Waals surface area contributed by atoms with Gasteiger partial charge in [-0.05, 0) is 68.6 Å². The lowest BCUT2D eigenvalue weighted by Gasteiger charge is -2.35. The Hall–Kier alpha value is -1.52. The number of para-hydroxylation sites is 1. The van der Waals surface area contributed by atoms with Crippen molar-refractivity contribution in [3.63, 3.8) is 0 Å². The summed E-state index contributed by atoms with van der Waals surface area (Å²) in [4.78, 5) is 18.5. The van der Waals surface area contributed by atoms with E-state index >= 15 is 0 Å². The molecule has 4 rings (SSSR count). The largest absolute Gasteiger partial charge is 0.357 e. The second-order valence-electron chi connectivity index (χ2n) is 7.31. The van der Waals surface area contributed by atoms with Crippen molar-refractivity contribution < 1.29 is 4.79 Å². The maximum atomic E-state index is 12.8. The van der Waals surface area contributed by atoms with Crippen molar-refractivity contribution in [2.24, 2.45) is 5.92 Å². The standard InChI is InChI=1S/C20H27N3O.ClH/c24-20(9-8-15-10-11-21-14-15)23-12-4-3-7-19(23)18-13-16-5-1-2-6-17(16)22-18;/h1-2,5-6,13,15,19,21-22H,3-4,7-12,14H2;1H. The molecule has 0 bridgehead atoms. The van der Waals surface area contributed by atoms with Gasteiger partial charge in [0, 0.05) is 24.2 Å². The summed E-state index contributed by atoms with van der Waals surface area (Å²) in [5.74, 6) is 1.02. The molecule has 136 valence electrons. The zero-order valence-electron chi connectivity index (χ0n) is 14.7. The van der Waals surface area contributed by atoms with E-state index in [4.69, 9.17) is 0 Å². The van der Waals surface area contributed by atoms with E-state index in [0.29, 0.717) is 18.2 Å². The predicted octanol–water partition coefficient (Wildman–Crippen LogP) is 4.03. The van der Waals surface area contributed by atoms with E-state index in [-0.39, 0.29) is 18.4 Å². The number of rotatable bonds is 4. The lowest BCUT2D eigenvalue weighted by Crippen LogP contribution is -2.38. The van der Waals surface area contributed by atoms with E-state index in [1.807, 2.05) is 0 Å². The van der Waals surface area contributed by atoms with Crippen LogP contribution in [0.3, 0.4) is 0 Å². The summed E-state index contributed by atoms with van der Waals surface area (Å²) in [7, 11) is 0. The Morgan fingerprint density at radius 1 is 1.20 bits per heavy atom. The second kappa shape index (κ2) is 8.24. The fraction of sp³-hybridized carbons (Fsp3) is 0.550. The van der Waals surface area contributed by atoms with Gasteiger partial charge in [0.2, 0.25) is 5.91 Å². The third-order valence-electron chi connectivity index (χ3n) is 5.66. The Morgan fingerprint density at radius 2 is 2.08 bits per heavy atom. The fourth-order valence-electron chi connectivity index (χ4n) is 4.26. The highest BCUT2D eigenvalue weighted by molar-refractivity contribution is 5.85. The summed E-state index contributed by atoms with van der Waals surface area (Å²) >= 11 is 0. The van der Waals surface area contributed by atoms with Gasteiger partial charge in [-0.1, -0.05) is 18.2 Å². The number of likely N-dealkylation sites (tertiary alicyclic amines) is 1. The summed E-state index contributed by atoms with van der Waals surface area (Å²) in [6.07, 6.45) is 6.36. The van der Waals surface area contributed by atoms with Crippen molar-refractivity contribution in [2.75, 3.05) is 19.6 Å². The molecule has 2 atom stereocenters. The number of nitrogens with one attached hydrogen (secondary N) is 2. The first-order valence-corrected chi connectivity index (χ1v) is 9.39. The molecule has 4 nitrogen and oxygen atoms in total. The first-order valence-electron chi connectivity index (χ1n) is 9.39. The van der Waals surface area contributed by atoms with Crippen LogP contribution in [0.1, 0.15) is 50.3 Å². The average molecular weight is 362 g/mol. The van der Waals surface area contributed by atoms with Crippen LogP contribution in [0, 0.1) is 5.92 Å². The molecule has 2 aromatic rings. The smallest absolute Gasteiger partial charge is 0.223 e. The van der Waals surface area contributed by atoms with Gasteiger partial charge in [-0.25, -0.2) is 0 Å². The highest BCUT2D eigenvalue weighted by atomic mass is 35.5. The fourth-order valence-corrected chi connectivity index (χ4v) is 4.26. The number of nitrogens with zero attached hydrogens (tertiary/aromatic N) is 1. The van der Waals surface area contributed by atoms with Gasteiger partial charge >= 0.3 is 0 Å². The molecule has 1 aromatic heterocycles. The van der Waals surface area contributed by atoms with Crippen molar-refractivity contribution in [1.82, 2.24) is 15.2 Å². The quantitative estimate of drug-likeness (QED) is 0.863. The second-order valence-corrected chi connectivity index (χ2v) is 7.31. The predicted molar refractivity (Wildman–Crippen MR) is 104 cm³/mol. The van der Waals surface area contributed by atoms with Gasteiger partial charge in [-0.2, -0.15) is 0 Å². The number of halogens is 1. The number of carbonyl (C=O) groups excluding carboxylic acids is 1. The van der Waals surface area contributed by atoms with E-state index in [2.05, 4.69) is 45.5 Å². The lowest BCUT2D eigenvalue weighted by atomic mass is 9.97. The molecule has 3 heterocycles. The highest BCUT2D eigenvalue weighted by Gasteiger charge is 2.29. The molecule has 2 N–H and O–H groups in total. The third kappa shape index (κ3) is 4.01. The average Bonchev–Trinajstić information content (AvgIpc) is 3.29. The minimum atomic E-state index is 0. The molecular weight excluding hydrogens is 334 g/mol.